The largest absolute Gasteiger partial charge is 0.497 e. The minimum Gasteiger partial charge on any atom is -0.497 e. The van der Waals surface area contributed by atoms with E-state index in [4.69, 9.17) is 40.1 Å². The summed E-state index contributed by atoms with van der Waals surface area (Å²) in [5.41, 5.74) is 0.700. The van der Waals surface area contributed by atoms with Crippen LogP contribution < -0.4 is 4.74 Å². The van der Waals surface area contributed by atoms with Crippen molar-refractivity contribution in [3.8, 4) is 5.75 Å². The van der Waals surface area contributed by atoms with Gasteiger partial charge < -0.3 is 4.74 Å². The van der Waals surface area contributed by atoms with Gasteiger partial charge in [-0.3, -0.25) is 0 Å². The van der Waals surface area contributed by atoms with Crippen molar-refractivity contribution < 1.29 is 4.74 Å². The second kappa shape index (κ2) is 5.29. The molecule has 0 saturated carbocycles. The Bertz CT molecular complexity index is 324. The van der Waals surface area contributed by atoms with E-state index >= 15 is 0 Å². The van der Waals surface area contributed by atoms with Crippen LogP contribution in [0.4, 0.5) is 0 Å². The first kappa shape index (κ1) is 11.4. The summed E-state index contributed by atoms with van der Waals surface area (Å²) in [6.07, 6.45) is 0. The van der Waals surface area contributed by atoms with E-state index in [0.717, 1.165) is 9.69 Å². The molecule has 0 bridgehead atoms. The summed E-state index contributed by atoms with van der Waals surface area (Å²) in [5.74, 6) is 0.996. The van der Waals surface area contributed by atoms with Gasteiger partial charge in [0.05, 0.1) is 7.11 Å². The van der Waals surface area contributed by atoms with E-state index in [2.05, 4.69) is 4.51 Å². The van der Waals surface area contributed by atoms with Crippen LogP contribution in [0.2, 0.25) is 0 Å². The number of amidine groups is 1. The zero-order valence-corrected chi connectivity index (χ0v) is 9.51. The number of methoxy groups -OCH3 is 1. The van der Waals surface area contributed by atoms with E-state index in [1.54, 1.807) is 31.4 Å². The molecule has 1 aromatic rings. The number of hydrogen-bond acceptors (Lipinski definition) is 2. The second-order valence-corrected chi connectivity index (χ2v) is 3.39. The summed E-state index contributed by atoms with van der Waals surface area (Å²) in [6.45, 7) is 0. The molecule has 0 atom stereocenters. The third-order valence-corrected chi connectivity index (χ3v) is 2.07. The number of ether oxygens (including phenoxy) is 1. The van der Waals surface area contributed by atoms with Crippen molar-refractivity contribution in [1.82, 2.24) is 3.94 Å². The maximum absolute atomic E-state index is 5.50. The van der Waals surface area contributed by atoms with Gasteiger partial charge >= 0.3 is 0 Å². The lowest BCUT2D eigenvalue weighted by Gasteiger charge is -2.08. The Labute approximate surface area is 97.2 Å². The first-order chi connectivity index (χ1) is 6.69. The molecule has 1 rings (SSSR count). The van der Waals surface area contributed by atoms with Crippen LogP contribution in [0.3, 0.4) is 0 Å². The normalized spacial score (nSPS) is 11.3. The summed E-state index contributed by atoms with van der Waals surface area (Å²) < 4.78 is 9.21. The molecule has 0 aliphatic heterocycles. The molecule has 0 fully saturated rings. The van der Waals surface area contributed by atoms with Gasteiger partial charge in [-0.05, 0) is 24.3 Å². The van der Waals surface area contributed by atoms with Gasteiger partial charge in [0.15, 0.2) is 5.84 Å². The Morgan fingerprint density at radius 3 is 2.21 bits per heavy atom. The molecule has 0 radical (unpaired) electrons. The lowest BCUT2D eigenvalue weighted by molar-refractivity contribution is 0.415. The van der Waals surface area contributed by atoms with Crippen LogP contribution in [0, 0.1) is 0 Å². The molecule has 76 valence electrons. The fourth-order valence-corrected chi connectivity index (χ4v) is 1.44. The van der Waals surface area contributed by atoms with Gasteiger partial charge in [-0.15, -0.1) is 0 Å². The molecule has 0 amide bonds. The zero-order valence-electron chi connectivity index (χ0n) is 7.25. The Morgan fingerprint density at radius 1 is 1.29 bits per heavy atom. The second-order valence-electron chi connectivity index (χ2n) is 2.37. The van der Waals surface area contributed by atoms with Crippen molar-refractivity contribution in [1.29, 1.82) is 0 Å². The Kier molecular flexibility index (Phi) is 4.32. The molecule has 0 unspecified atom stereocenters. The topological polar surface area (TPSA) is 24.8 Å². The average molecular weight is 254 g/mol. The van der Waals surface area contributed by atoms with E-state index in [1.807, 2.05) is 0 Å². The highest BCUT2D eigenvalue weighted by Gasteiger charge is 2.09. The molecule has 3 nitrogen and oxygen atoms in total. The molecular weight excluding hydrogens is 246 g/mol. The maximum Gasteiger partial charge on any atom is 0.180 e. The fraction of sp³-hybridized carbons (Fsp3) is 0.125. The predicted octanol–water partition coefficient (Wildman–Crippen LogP) is 3.21. The van der Waals surface area contributed by atoms with Gasteiger partial charge in [-0.2, -0.15) is 8.45 Å². The highest BCUT2D eigenvalue weighted by atomic mass is 35.5. The summed E-state index contributed by atoms with van der Waals surface area (Å²) in [4.78, 5) is 0. The van der Waals surface area contributed by atoms with Crippen LogP contribution >= 0.6 is 35.3 Å². The van der Waals surface area contributed by atoms with Crippen LogP contribution in [0.15, 0.2) is 28.8 Å². The van der Waals surface area contributed by atoms with Gasteiger partial charge in [0.2, 0.25) is 0 Å². The standard InChI is InChI=1S/C8H7Cl3N2O/c1-14-7-4-2-6(3-5-7)8(12-9)13(10)11/h2-5H,1H3/b12-8-. The number of rotatable bonds is 2. The van der Waals surface area contributed by atoms with Crippen molar-refractivity contribution >= 4 is 41.2 Å². The van der Waals surface area contributed by atoms with Crippen molar-refractivity contribution in [3.05, 3.63) is 29.8 Å². The highest BCUT2D eigenvalue weighted by molar-refractivity contribution is 6.45. The molecular formula is C8H7Cl3N2O. The molecule has 0 aliphatic carbocycles. The Morgan fingerprint density at radius 2 is 1.86 bits per heavy atom. The lowest BCUT2D eigenvalue weighted by atomic mass is 10.2. The number of halogens is 3. The van der Waals surface area contributed by atoms with Crippen LogP contribution in [-0.4, -0.2) is 16.9 Å². The molecule has 0 spiro atoms. The summed E-state index contributed by atoms with van der Waals surface area (Å²) in [6, 6.07) is 7.01. The molecule has 0 aliphatic rings. The molecule has 14 heavy (non-hydrogen) atoms. The SMILES string of the molecule is COc1ccc(/C(=N/Cl)N(Cl)Cl)cc1. The minimum atomic E-state index is 0.262. The molecule has 0 saturated heterocycles. The molecule has 0 heterocycles. The summed E-state index contributed by atoms with van der Waals surface area (Å²) in [5, 5.41) is 0. The Balaban J connectivity index is 2.96. The average Bonchev–Trinajstić information content (AvgIpc) is 2.19. The van der Waals surface area contributed by atoms with Gasteiger partial charge in [-0.1, -0.05) is 0 Å². The van der Waals surface area contributed by atoms with E-state index in [0.29, 0.717) is 5.56 Å². The van der Waals surface area contributed by atoms with Crippen molar-refractivity contribution in [2.45, 2.75) is 0 Å². The van der Waals surface area contributed by atoms with Crippen molar-refractivity contribution in [3.63, 3.8) is 0 Å². The van der Waals surface area contributed by atoms with E-state index in [9.17, 15) is 0 Å². The van der Waals surface area contributed by atoms with E-state index in [-0.39, 0.29) is 5.84 Å². The monoisotopic (exact) mass is 252 g/mol. The number of benzene rings is 1. The fourth-order valence-electron chi connectivity index (χ4n) is 0.915. The lowest BCUT2D eigenvalue weighted by Crippen LogP contribution is -2.11. The van der Waals surface area contributed by atoms with Crippen molar-refractivity contribution in [2.24, 2.45) is 4.51 Å². The third-order valence-electron chi connectivity index (χ3n) is 1.59. The molecule has 0 aromatic heterocycles. The first-order valence-electron chi connectivity index (χ1n) is 3.64. The van der Waals surface area contributed by atoms with Crippen LogP contribution in [0.1, 0.15) is 5.56 Å². The zero-order chi connectivity index (χ0) is 10.6. The highest BCUT2D eigenvalue weighted by Crippen LogP contribution is 2.16. The molecule has 0 N–H and O–H groups in total. The first-order valence-corrected chi connectivity index (χ1v) is 4.65. The van der Waals surface area contributed by atoms with Crippen molar-refractivity contribution in [2.75, 3.05) is 7.11 Å². The summed E-state index contributed by atoms with van der Waals surface area (Å²) in [7, 11) is 1.58. The minimum absolute atomic E-state index is 0.262. The van der Waals surface area contributed by atoms with Crippen LogP contribution in [0.25, 0.3) is 0 Å². The maximum atomic E-state index is 5.50. The van der Waals surface area contributed by atoms with Gasteiger partial charge in [0, 0.05) is 40.9 Å². The van der Waals surface area contributed by atoms with E-state index < -0.39 is 0 Å². The number of hydrogen-bond donors (Lipinski definition) is 0. The van der Waals surface area contributed by atoms with Crippen LogP contribution in [0.5, 0.6) is 5.75 Å². The van der Waals surface area contributed by atoms with Gasteiger partial charge in [0.1, 0.15) is 5.75 Å². The quantitative estimate of drug-likeness (QED) is 0.459. The van der Waals surface area contributed by atoms with Crippen LogP contribution in [-0.2, 0) is 0 Å². The van der Waals surface area contributed by atoms with Gasteiger partial charge in [-0.25, -0.2) is 0 Å². The smallest absolute Gasteiger partial charge is 0.180 e. The predicted molar refractivity (Wildman–Crippen MR) is 58.9 cm³/mol. The Hall–Kier alpha value is -0.640. The summed E-state index contributed by atoms with van der Waals surface area (Å²) >= 11 is 16.3. The molecule has 1 aromatic carbocycles. The molecule has 6 heteroatoms. The third kappa shape index (κ3) is 2.67. The van der Waals surface area contributed by atoms with E-state index in [1.165, 1.54) is 0 Å². The van der Waals surface area contributed by atoms with Gasteiger partial charge in [0.25, 0.3) is 0 Å². The number of nitrogens with zero attached hydrogens (tertiary/aromatic N) is 2.